The van der Waals surface area contributed by atoms with Gasteiger partial charge in [-0.1, -0.05) is 60.7 Å². The normalized spacial score (nSPS) is 11.7. The molecule has 2 rings (SSSR count). The molecule has 3 atom stereocenters. The summed E-state index contributed by atoms with van der Waals surface area (Å²) in [5.74, 6) is -3.10. The number of carbonyl (C=O) groups is 4. The lowest BCUT2D eigenvalue weighted by Crippen LogP contribution is -2.34. The van der Waals surface area contributed by atoms with Crippen molar-refractivity contribution in [3.05, 3.63) is 71.8 Å². The van der Waals surface area contributed by atoms with E-state index in [4.69, 9.17) is 66.9 Å². The fraction of sp³-hybridized carbons (Fsp3) is 0.370. The number of benzene rings is 2. The Morgan fingerprint density at radius 3 is 1.33 bits per heavy atom. The van der Waals surface area contributed by atoms with Gasteiger partial charge in [0, 0.05) is 6.54 Å². The number of rotatable bonds is 13. The number of carbonyl (C=O) groups excluding carboxylic acids is 1. The average molecular weight is 632 g/mol. The number of guanidine groups is 1. The van der Waals surface area contributed by atoms with Gasteiger partial charge < -0.3 is 43.6 Å². The summed E-state index contributed by atoms with van der Waals surface area (Å²) in [4.78, 5) is 40.9. The van der Waals surface area contributed by atoms with Crippen molar-refractivity contribution in [2.45, 2.75) is 43.8 Å². The van der Waals surface area contributed by atoms with E-state index < -0.39 is 36.0 Å². The van der Waals surface area contributed by atoms with Crippen LogP contribution in [0.4, 0.5) is 0 Å². The molecule has 0 fully saturated rings. The quantitative estimate of drug-likeness (QED) is 0.0648. The van der Waals surface area contributed by atoms with Crippen LogP contribution in [-0.4, -0.2) is 81.4 Å². The summed E-state index contributed by atoms with van der Waals surface area (Å²) in [5, 5.41) is 34.8. The molecule has 0 spiro atoms. The molecule has 2 aromatic rings. The molecule has 0 aliphatic rings. The lowest BCUT2D eigenvalue weighted by atomic mass is 10.1. The maximum Gasteiger partial charge on any atom is 0.320 e. The summed E-state index contributed by atoms with van der Waals surface area (Å²) in [6.07, 6.45) is 1.75. The van der Waals surface area contributed by atoms with Crippen LogP contribution in [0, 0.1) is 5.41 Å². The van der Waals surface area contributed by atoms with Gasteiger partial charge in [-0.25, -0.2) is 0 Å². The van der Waals surface area contributed by atoms with Crippen molar-refractivity contribution in [1.82, 2.24) is 5.32 Å². The number of ketones is 1. The number of alkyl halides is 2. The van der Waals surface area contributed by atoms with Crippen molar-refractivity contribution in [3.8, 4) is 0 Å². The molecular formula is C27H40Cl2N6O7. The van der Waals surface area contributed by atoms with Crippen LogP contribution in [0.1, 0.15) is 24.0 Å². The van der Waals surface area contributed by atoms with E-state index >= 15 is 0 Å². The van der Waals surface area contributed by atoms with E-state index in [1.165, 1.54) is 0 Å². The van der Waals surface area contributed by atoms with Crippen LogP contribution in [0.3, 0.4) is 0 Å². The number of halogens is 2. The zero-order chi connectivity index (χ0) is 32.5. The molecule has 2 aromatic carbocycles. The summed E-state index contributed by atoms with van der Waals surface area (Å²) >= 11 is 10.0. The molecule has 0 saturated carbocycles. The summed E-state index contributed by atoms with van der Waals surface area (Å²) < 4.78 is 0. The van der Waals surface area contributed by atoms with Gasteiger partial charge in [-0.15, -0.1) is 23.2 Å². The minimum Gasteiger partial charge on any atom is -0.480 e. The second-order valence-corrected chi connectivity index (χ2v) is 9.04. The van der Waals surface area contributed by atoms with Crippen molar-refractivity contribution in [2.24, 2.45) is 22.9 Å². The standard InChI is InChI=1S/2C9H11NO2.C6H14N4O2.C3H4Cl2O/c2*10-8(9(11)12)6-7-4-2-1-3-5-7;7-4(5(11)12)2-1-3-10-6(8)9;4-1-3(6)2-5/h2*1-5,8H,6,10H2,(H,11,12);4H,1-3,7H2,(H,11,12)(H4,8,9,10);1-2H2/t2*8-;4-;/m000./s1. The Bertz CT molecular complexity index is 1000. The van der Waals surface area contributed by atoms with E-state index in [2.05, 4.69) is 5.32 Å². The molecule has 42 heavy (non-hydrogen) atoms. The third-order valence-electron chi connectivity index (χ3n) is 4.85. The highest BCUT2D eigenvalue weighted by Gasteiger charge is 2.12. The number of nitrogens with one attached hydrogen (secondary N) is 2. The van der Waals surface area contributed by atoms with Gasteiger partial charge in [-0.05, 0) is 36.8 Å². The Balaban J connectivity index is 0. The summed E-state index contributed by atoms with van der Waals surface area (Å²) in [6.45, 7) is 0.482. The first-order valence-corrected chi connectivity index (χ1v) is 13.6. The second-order valence-electron chi connectivity index (χ2n) is 8.50. The van der Waals surface area contributed by atoms with Gasteiger partial charge in [0.25, 0.3) is 0 Å². The Morgan fingerprint density at radius 2 is 1.07 bits per heavy atom. The van der Waals surface area contributed by atoms with E-state index in [0.29, 0.717) is 32.2 Å². The van der Waals surface area contributed by atoms with Gasteiger partial charge >= 0.3 is 17.9 Å². The molecular weight excluding hydrogens is 591 g/mol. The van der Waals surface area contributed by atoms with Gasteiger partial charge in [-0.3, -0.25) is 24.6 Å². The Morgan fingerprint density at radius 1 is 0.714 bits per heavy atom. The predicted octanol–water partition coefficient (Wildman–Crippen LogP) is 0.977. The Kier molecular flexibility index (Phi) is 24.0. The molecule has 13 N–H and O–H groups in total. The van der Waals surface area contributed by atoms with Crippen LogP contribution in [0.5, 0.6) is 0 Å². The SMILES string of the molecule is N=C(N)NCCC[C@H](N)C(=O)O.N[C@@H](Cc1ccccc1)C(=O)O.N[C@@H](Cc1ccccc1)C(=O)O.O=C(CCl)CCl. The largest absolute Gasteiger partial charge is 0.480 e. The molecule has 0 heterocycles. The molecule has 0 radical (unpaired) electrons. The number of carboxylic acid groups (broad SMARTS) is 3. The number of Topliss-reactive ketones (excluding diaryl/α,β-unsaturated/α-hetero) is 1. The Labute approximate surface area is 254 Å². The third-order valence-corrected chi connectivity index (χ3v) is 5.45. The number of hydrogen-bond donors (Lipinski definition) is 9. The Hall–Kier alpha value is -3.75. The monoisotopic (exact) mass is 630 g/mol. The topological polar surface area (TPSA) is 269 Å². The minimum atomic E-state index is -1.00. The van der Waals surface area contributed by atoms with Crippen molar-refractivity contribution >= 4 is 52.9 Å². The van der Waals surface area contributed by atoms with E-state index in [0.717, 1.165) is 11.1 Å². The molecule has 15 heteroatoms. The van der Waals surface area contributed by atoms with Crippen LogP contribution in [0.15, 0.2) is 60.7 Å². The summed E-state index contributed by atoms with van der Waals surface area (Å²) in [5.41, 5.74) is 22.8. The lowest BCUT2D eigenvalue weighted by molar-refractivity contribution is -0.139. The number of carboxylic acids is 3. The van der Waals surface area contributed by atoms with Crippen LogP contribution in [-0.2, 0) is 32.0 Å². The smallest absolute Gasteiger partial charge is 0.320 e. The van der Waals surface area contributed by atoms with Crippen LogP contribution in [0.2, 0.25) is 0 Å². The maximum atomic E-state index is 10.4. The van der Waals surface area contributed by atoms with Crippen molar-refractivity contribution in [1.29, 1.82) is 5.41 Å². The first-order chi connectivity index (χ1) is 19.7. The van der Waals surface area contributed by atoms with Crippen molar-refractivity contribution in [3.63, 3.8) is 0 Å². The molecule has 234 valence electrons. The molecule has 0 aliphatic heterocycles. The highest BCUT2D eigenvalue weighted by atomic mass is 35.5. The zero-order valence-electron chi connectivity index (χ0n) is 23.0. The van der Waals surface area contributed by atoms with Crippen LogP contribution >= 0.6 is 23.2 Å². The van der Waals surface area contributed by atoms with Crippen LogP contribution < -0.4 is 28.3 Å². The predicted molar refractivity (Wildman–Crippen MR) is 163 cm³/mol. The first-order valence-electron chi connectivity index (χ1n) is 12.5. The molecule has 0 aliphatic carbocycles. The number of aliphatic carboxylic acids is 3. The highest BCUT2D eigenvalue weighted by Crippen LogP contribution is 2.02. The van der Waals surface area contributed by atoms with E-state index in [9.17, 15) is 19.2 Å². The van der Waals surface area contributed by atoms with Gasteiger partial charge in [0.15, 0.2) is 11.7 Å². The zero-order valence-corrected chi connectivity index (χ0v) is 24.5. The average Bonchev–Trinajstić information content (AvgIpc) is 2.96. The molecule has 0 aromatic heterocycles. The molecule has 0 amide bonds. The molecule has 0 unspecified atom stereocenters. The second kappa shape index (κ2) is 25.0. The van der Waals surface area contributed by atoms with E-state index in [1.807, 2.05) is 60.7 Å². The van der Waals surface area contributed by atoms with Gasteiger partial charge in [0.2, 0.25) is 0 Å². The maximum absolute atomic E-state index is 10.4. The van der Waals surface area contributed by atoms with Gasteiger partial charge in [0.05, 0.1) is 11.8 Å². The minimum absolute atomic E-state index is 0.0312. The van der Waals surface area contributed by atoms with Crippen molar-refractivity contribution in [2.75, 3.05) is 18.3 Å². The van der Waals surface area contributed by atoms with Crippen LogP contribution in [0.25, 0.3) is 0 Å². The van der Waals surface area contributed by atoms with Gasteiger partial charge in [-0.2, -0.15) is 0 Å². The summed E-state index contributed by atoms with van der Waals surface area (Å²) in [6, 6.07) is 16.3. The molecule has 0 saturated heterocycles. The highest BCUT2D eigenvalue weighted by molar-refractivity contribution is 6.35. The van der Waals surface area contributed by atoms with Crippen molar-refractivity contribution < 1.29 is 34.5 Å². The fourth-order valence-corrected chi connectivity index (χ4v) is 2.90. The number of nitrogens with two attached hydrogens (primary N) is 4. The molecule has 0 bridgehead atoms. The summed E-state index contributed by atoms with van der Waals surface area (Å²) in [7, 11) is 0. The number of hydrogen-bond acceptors (Lipinski definition) is 8. The fourth-order valence-electron chi connectivity index (χ4n) is 2.61. The van der Waals surface area contributed by atoms with E-state index in [1.54, 1.807) is 0 Å². The third kappa shape index (κ3) is 24.1. The first kappa shape index (κ1) is 40.4. The van der Waals surface area contributed by atoms with E-state index in [-0.39, 0.29) is 23.5 Å². The lowest BCUT2D eigenvalue weighted by Gasteiger charge is -2.06. The molecule has 13 nitrogen and oxygen atoms in total. The van der Waals surface area contributed by atoms with Gasteiger partial charge in [0.1, 0.15) is 18.1 Å².